The molecule has 0 aliphatic rings. The number of carbonyl (C=O) groups is 2. The lowest BCUT2D eigenvalue weighted by molar-refractivity contribution is -0.140. The lowest BCUT2D eigenvalue weighted by Crippen LogP contribution is -2.50. The van der Waals surface area contributed by atoms with E-state index in [2.05, 4.69) is 5.32 Å². The molecule has 2 aromatic carbocycles. The topological polar surface area (TPSA) is 86.8 Å². The average Bonchev–Trinajstić information content (AvgIpc) is 2.81. The highest BCUT2D eigenvalue weighted by molar-refractivity contribution is 7.92. The van der Waals surface area contributed by atoms with Crippen molar-refractivity contribution in [2.24, 2.45) is 0 Å². The molecule has 1 N–H and O–H groups in total. The summed E-state index contributed by atoms with van der Waals surface area (Å²) in [5.74, 6) is -0.364. The molecule has 8 heteroatoms. The Morgan fingerprint density at radius 3 is 2.09 bits per heavy atom. The first-order chi connectivity index (χ1) is 16.5. The van der Waals surface area contributed by atoms with Crippen molar-refractivity contribution < 1.29 is 18.0 Å². The van der Waals surface area contributed by atoms with E-state index in [4.69, 9.17) is 0 Å². The standard InChI is InChI=1S/C27H39N3O4S/c1-6-23-14-16-25(17-15-23)30(35(5,33)34)19-10-13-26(31)29(22(4)27(32)28-21(2)3)20-18-24-11-8-7-9-12-24/h7-9,11-12,14-17,21-22H,6,10,13,18-20H2,1-5H3,(H,28,32). The third-order valence-electron chi connectivity index (χ3n) is 5.87. The van der Waals surface area contributed by atoms with Gasteiger partial charge in [0.15, 0.2) is 0 Å². The first-order valence-corrected chi connectivity index (χ1v) is 14.1. The van der Waals surface area contributed by atoms with Crippen LogP contribution in [0.2, 0.25) is 0 Å². The van der Waals surface area contributed by atoms with Crippen molar-refractivity contribution in [3.63, 3.8) is 0 Å². The Labute approximate surface area is 210 Å². The van der Waals surface area contributed by atoms with E-state index in [1.54, 1.807) is 24.0 Å². The molecule has 2 amide bonds. The highest BCUT2D eigenvalue weighted by Crippen LogP contribution is 2.20. The van der Waals surface area contributed by atoms with Gasteiger partial charge in [0, 0.05) is 25.6 Å². The van der Waals surface area contributed by atoms with Gasteiger partial charge in [0.25, 0.3) is 0 Å². The summed E-state index contributed by atoms with van der Waals surface area (Å²) in [6.07, 6.45) is 3.17. The molecule has 0 saturated heterocycles. The Kier molecular flexibility index (Phi) is 10.8. The number of benzene rings is 2. The van der Waals surface area contributed by atoms with E-state index in [0.717, 1.165) is 17.5 Å². The summed E-state index contributed by atoms with van der Waals surface area (Å²) in [6.45, 7) is 8.14. The van der Waals surface area contributed by atoms with Crippen molar-refractivity contribution in [3.8, 4) is 0 Å². The zero-order valence-electron chi connectivity index (χ0n) is 21.5. The van der Waals surface area contributed by atoms with Crippen molar-refractivity contribution in [2.75, 3.05) is 23.7 Å². The van der Waals surface area contributed by atoms with E-state index in [9.17, 15) is 18.0 Å². The smallest absolute Gasteiger partial charge is 0.242 e. The fraction of sp³-hybridized carbons (Fsp3) is 0.481. The monoisotopic (exact) mass is 501 g/mol. The highest BCUT2D eigenvalue weighted by Gasteiger charge is 2.26. The van der Waals surface area contributed by atoms with Crippen LogP contribution >= 0.6 is 0 Å². The van der Waals surface area contributed by atoms with Crippen LogP contribution in [-0.4, -0.2) is 56.6 Å². The number of carbonyl (C=O) groups excluding carboxylic acids is 2. The lowest BCUT2D eigenvalue weighted by atomic mass is 10.1. The summed E-state index contributed by atoms with van der Waals surface area (Å²) >= 11 is 0. The minimum absolute atomic E-state index is 0.0292. The second-order valence-electron chi connectivity index (χ2n) is 9.12. The van der Waals surface area contributed by atoms with Crippen molar-refractivity contribution in [3.05, 3.63) is 65.7 Å². The van der Waals surface area contributed by atoms with Gasteiger partial charge in [-0.3, -0.25) is 13.9 Å². The SMILES string of the molecule is CCc1ccc(N(CCCC(=O)N(CCc2ccccc2)C(C)C(=O)NC(C)C)S(C)(=O)=O)cc1. The van der Waals surface area contributed by atoms with Crippen LogP contribution in [0.4, 0.5) is 5.69 Å². The maximum Gasteiger partial charge on any atom is 0.242 e. The van der Waals surface area contributed by atoms with Crippen LogP contribution in [0.25, 0.3) is 0 Å². The second-order valence-corrected chi connectivity index (χ2v) is 11.0. The molecule has 0 aliphatic carbocycles. The van der Waals surface area contributed by atoms with E-state index in [1.165, 1.54) is 10.6 Å². The molecule has 0 spiro atoms. The molecule has 0 fully saturated rings. The largest absolute Gasteiger partial charge is 0.352 e. The summed E-state index contributed by atoms with van der Waals surface area (Å²) in [6, 6.07) is 16.6. The number of hydrogen-bond donors (Lipinski definition) is 1. The van der Waals surface area contributed by atoms with Gasteiger partial charge in [-0.05, 0) is 63.3 Å². The van der Waals surface area contributed by atoms with Crippen LogP contribution in [-0.2, 0) is 32.5 Å². The van der Waals surface area contributed by atoms with E-state index in [-0.39, 0.29) is 30.8 Å². The number of nitrogens with one attached hydrogen (secondary N) is 1. The summed E-state index contributed by atoms with van der Waals surface area (Å²) in [5, 5.41) is 2.88. The van der Waals surface area contributed by atoms with Gasteiger partial charge in [-0.1, -0.05) is 49.4 Å². The van der Waals surface area contributed by atoms with Crippen molar-refractivity contribution in [2.45, 2.75) is 65.5 Å². The van der Waals surface area contributed by atoms with Crippen molar-refractivity contribution in [1.82, 2.24) is 10.2 Å². The Hall–Kier alpha value is -2.87. The van der Waals surface area contributed by atoms with Crippen LogP contribution in [0.1, 0.15) is 51.7 Å². The minimum atomic E-state index is -3.50. The van der Waals surface area contributed by atoms with Gasteiger partial charge in [0.05, 0.1) is 11.9 Å². The van der Waals surface area contributed by atoms with Crippen molar-refractivity contribution >= 4 is 27.5 Å². The maximum atomic E-state index is 13.2. The van der Waals surface area contributed by atoms with Crippen LogP contribution in [0.5, 0.6) is 0 Å². The van der Waals surface area contributed by atoms with E-state index in [0.29, 0.717) is 25.1 Å². The predicted octanol–water partition coefficient (Wildman–Crippen LogP) is 3.78. The van der Waals surface area contributed by atoms with Gasteiger partial charge in [-0.15, -0.1) is 0 Å². The summed E-state index contributed by atoms with van der Waals surface area (Å²) in [5.41, 5.74) is 2.79. The first kappa shape index (κ1) is 28.4. The molecule has 0 bridgehead atoms. The zero-order chi connectivity index (χ0) is 26.0. The van der Waals surface area contributed by atoms with E-state index in [1.807, 2.05) is 63.2 Å². The average molecular weight is 502 g/mol. The predicted molar refractivity (Wildman–Crippen MR) is 142 cm³/mol. The molecule has 35 heavy (non-hydrogen) atoms. The zero-order valence-corrected chi connectivity index (χ0v) is 22.3. The van der Waals surface area contributed by atoms with Crippen LogP contribution < -0.4 is 9.62 Å². The molecule has 0 saturated carbocycles. The van der Waals surface area contributed by atoms with Crippen LogP contribution in [0.3, 0.4) is 0 Å². The van der Waals surface area contributed by atoms with Crippen LogP contribution in [0, 0.1) is 0 Å². The van der Waals surface area contributed by atoms with E-state index >= 15 is 0 Å². The lowest BCUT2D eigenvalue weighted by Gasteiger charge is -2.30. The molecule has 0 aromatic heterocycles. The third kappa shape index (κ3) is 9.02. The summed E-state index contributed by atoms with van der Waals surface area (Å²) in [4.78, 5) is 27.5. The number of rotatable bonds is 13. The van der Waals surface area contributed by atoms with Gasteiger partial charge < -0.3 is 10.2 Å². The van der Waals surface area contributed by atoms with Gasteiger partial charge in [0.1, 0.15) is 6.04 Å². The van der Waals surface area contributed by atoms with Gasteiger partial charge >= 0.3 is 0 Å². The second kappa shape index (κ2) is 13.3. The Bertz CT molecular complexity index is 1050. The Balaban J connectivity index is 2.10. The number of sulfonamides is 1. The minimum Gasteiger partial charge on any atom is -0.352 e. The number of hydrogen-bond acceptors (Lipinski definition) is 4. The Morgan fingerprint density at radius 1 is 0.914 bits per heavy atom. The molecular weight excluding hydrogens is 462 g/mol. The molecule has 2 aromatic rings. The molecule has 192 valence electrons. The van der Waals surface area contributed by atoms with Crippen LogP contribution in [0.15, 0.2) is 54.6 Å². The molecule has 0 heterocycles. The summed E-state index contributed by atoms with van der Waals surface area (Å²) < 4.78 is 26.2. The van der Waals surface area contributed by atoms with Crippen molar-refractivity contribution in [1.29, 1.82) is 0 Å². The quantitative estimate of drug-likeness (QED) is 0.453. The first-order valence-electron chi connectivity index (χ1n) is 12.2. The van der Waals surface area contributed by atoms with Gasteiger partial charge in [-0.2, -0.15) is 0 Å². The molecule has 7 nitrogen and oxygen atoms in total. The molecule has 0 radical (unpaired) electrons. The van der Waals surface area contributed by atoms with E-state index < -0.39 is 16.1 Å². The molecular formula is C27H39N3O4S. The van der Waals surface area contributed by atoms with Gasteiger partial charge in [0.2, 0.25) is 21.8 Å². The summed E-state index contributed by atoms with van der Waals surface area (Å²) in [7, 11) is -3.50. The number of nitrogens with zero attached hydrogens (tertiary/aromatic N) is 2. The highest BCUT2D eigenvalue weighted by atomic mass is 32.2. The molecule has 2 rings (SSSR count). The molecule has 0 aliphatic heterocycles. The molecule has 1 atom stereocenters. The normalized spacial score (nSPS) is 12.3. The number of anilines is 1. The molecule has 1 unspecified atom stereocenters. The Morgan fingerprint density at radius 2 is 1.54 bits per heavy atom. The third-order valence-corrected chi connectivity index (χ3v) is 7.06. The maximum absolute atomic E-state index is 13.2. The fourth-order valence-electron chi connectivity index (χ4n) is 3.88. The fourth-order valence-corrected chi connectivity index (χ4v) is 4.84. The van der Waals surface area contributed by atoms with Gasteiger partial charge in [-0.25, -0.2) is 8.42 Å². The number of aryl methyl sites for hydroxylation is 1. The number of amides is 2.